The molecule has 1 unspecified atom stereocenters. The molecule has 1 spiro atoms. The van der Waals surface area contributed by atoms with Gasteiger partial charge >= 0.3 is 0 Å². The van der Waals surface area contributed by atoms with Gasteiger partial charge in [0.15, 0.2) is 0 Å². The fourth-order valence-electron chi connectivity index (χ4n) is 8.62. The Bertz CT molecular complexity index is 1800. The number of nitrogens with zero attached hydrogens (tertiary/aromatic N) is 3. The first-order valence-electron chi connectivity index (χ1n) is 17.2. The van der Waals surface area contributed by atoms with E-state index in [1.54, 1.807) is 9.80 Å². The average molecular weight is 662 g/mol. The molecule has 2 saturated heterocycles. The maximum absolute atomic E-state index is 15.2. The number of aliphatic hydroxyl groups is 1. The minimum absolute atomic E-state index is 0.246. The van der Waals surface area contributed by atoms with E-state index in [9.17, 15) is 9.90 Å². The van der Waals surface area contributed by atoms with Gasteiger partial charge in [0, 0.05) is 24.5 Å². The van der Waals surface area contributed by atoms with E-state index in [0.29, 0.717) is 36.6 Å². The van der Waals surface area contributed by atoms with Crippen molar-refractivity contribution in [2.75, 3.05) is 36.1 Å². The van der Waals surface area contributed by atoms with Crippen molar-refractivity contribution in [2.45, 2.75) is 57.4 Å². The monoisotopic (exact) mass is 661 g/mol. The first-order chi connectivity index (χ1) is 23.7. The van der Waals surface area contributed by atoms with Crippen LogP contribution < -0.4 is 14.5 Å². The highest BCUT2D eigenvalue weighted by molar-refractivity contribution is 6.08. The van der Waals surface area contributed by atoms with Crippen molar-refractivity contribution in [3.05, 3.63) is 114 Å². The highest BCUT2D eigenvalue weighted by atomic mass is 16.5. The van der Waals surface area contributed by atoms with E-state index in [1.165, 1.54) is 4.90 Å². The molecule has 4 aliphatic heterocycles. The number of likely N-dealkylation sites (tertiary alicyclic amines) is 1. The number of benzene rings is 3. The summed E-state index contributed by atoms with van der Waals surface area (Å²) in [6.45, 7) is 8.49. The third-order valence-corrected chi connectivity index (χ3v) is 10.7. The maximum Gasteiger partial charge on any atom is 0.253 e. The van der Waals surface area contributed by atoms with E-state index in [2.05, 4.69) is 0 Å². The second-order valence-electron chi connectivity index (χ2n) is 13.3. The van der Waals surface area contributed by atoms with Gasteiger partial charge in [-0.1, -0.05) is 79.8 Å². The number of amides is 3. The molecule has 3 aromatic carbocycles. The lowest BCUT2D eigenvalue weighted by atomic mass is 9.73. The van der Waals surface area contributed by atoms with Gasteiger partial charge in [0.1, 0.15) is 17.4 Å². The zero-order chi connectivity index (χ0) is 34.5. The molecule has 4 heterocycles. The molecular formula is C40H43N3O6. The number of aryl methyl sites for hydroxylation is 2. The summed E-state index contributed by atoms with van der Waals surface area (Å²) < 4.78 is 12.8. The molecule has 0 aromatic heterocycles. The third kappa shape index (κ3) is 5.01. The number of aliphatic hydroxyl groups excluding tert-OH is 1. The number of carbonyl (C=O) groups is 3. The van der Waals surface area contributed by atoms with E-state index >= 15 is 9.59 Å². The Kier molecular flexibility index (Phi) is 8.45. The SMILES string of the molecule is CCOc1ccc(N2CC=C[C@]3(CC)O[C@]45C=CCN(c6c(C)cccc6C)C(=O)C4N([C@H](CO)c4ccccc4)C(=O)[C@@H]5[C@@H]3C2=O)cc1. The smallest absolute Gasteiger partial charge is 0.253 e. The van der Waals surface area contributed by atoms with Gasteiger partial charge < -0.3 is 29.3 Å². The minimum atomic E-state index is -1.47. The lowest BCUT2D eigenvalue weighted by Gasteiger charge is -2.41. The van der Waals surface area contributed by atoms with E-state index < -0.39 is 41.7 Å². The molecule has 0 radical (unpaired) electrons. The van der Waals surface area contributed by atoms with Crippen LogP contribution in [0.2, 0.25) is 0 Å². The van der Waals surface area contributed by atoms with Gasteiger partial charge in [0.25, 0.3) is 5.91 Å². The quantitative estimate of drug-likeness (QED) is 0.329. The van der Waals surface area contributed by atoms with Gasteiger partial charge in [0.2, 0.25) is 11.8 Å². The molecule has 3 amide bonds. The van der Waals surface area contributed by atoms with Crippen LogP contribution in [0.3, 0.4) is 0 Å². The summed E-state index contributed by atoms with van der Waals surface area (Å²) in [5, 5.41) is 10.9. The van der Waals surface area contributed by atoms with Gasteiger partial charge in [0.05, 0.1) is 36.7 Å². The fourth-order valence-corrected chi connectivity index (χ4v) is 8.62. The fraction of sp³-hybridized carbons (Fsp3) is 0.375. The van der Waals surface area contributed by atoms with Gasteiger partial charge in [-0.15, -0.1) is 0 Å². The third-order valence-electron chi connectivity index (χ3n) is 10.7. The summed E-state index contributed by atoms with van der Waals surface area (Å²) in [7, 11) is 0. The van der Waals surface area contributed by atoms with Crippen molar-refractivity contribution in [3.8, 4) is 5.75 Å². The summed E-state index contributed by atoms with van der Waals surface area (Å²) in [5.41, 5.74) is 1.40. The number of ether oxygens (including phenoxy) is 2. The Hall–Kier alpha value is -4.73. The molecule has 7 rings (SSSR count). The Morgan fingerprint density at radius 2 is 1.49 bits per heavy atom. The largest absolute Gasteiger partial charge is 0.494 e. The molecule has 0 bridgehead atoms. The van der Waals surface area contributed by atoms with Crippen LogP contribution in [-0.4, -0.2) is 71.3 Å². The molecular weight excluding hydrogens is 618 g/mol. The number of para-hydroxylation sites is 1. The van der Waals surface area contributed by atoms with Crippen LogP contribution in [0.4, 0.5) is 11.4 Å². The van der Waals surface area contributed by atoms with Crippen molar-refractivity contribution in [3.63, 3.8) is 0 Å². The summed E-state index contributed by atoms with van der Waals surface area (Å²) in [5.74, 6) is -2.19. The number of rotatable bonds is 8. The lowest BCUT2D eigenvalue weighted by Crippen LogP contribution is -2.57. The van der Waals surface area contributed by atoms with E-state index in [4.69, 9.17) is 9.47 Å². The van der Waals surface area contributed by atoms with Crippen LogP contribution in [-0.2, 0) is 19.1 Å². The highest BCUT2D eigenvalue weighted by Crippen LogP contribution is 2.60. The number of anilines is 2. The molecule has 0 saturated carbocycles. The first-order valence-corrected chi connectivity index (χ1v) is 17.2. The molecule has 9 heteroatoms. The Morgan fingerprint density at radius 3 is 2.14 bits per heavy atom. The standard InChI is InChI=1S/C40H43N3O6/c1-5-39-21-11-23-41(29-17-19-30(20-18-29)48-6-2)36(45)32(39)33-37(46)43(31(25-44)28-15-8-7-9-16-28)35-38(47)42(24-12-22-40(33,35)49-39)34-26(3)13-10-14-27(34)4/h7-22,31-33,35,44H,5-6,23-25H2,1-4H3/t31-,32-,33+,35?,39+,40+/m1/s1. The van der Waals surface area contributed by atoms with E-state index in [1.807, 2.05) is 125 Å². The van der Waals surface area contributed by atoms with E-state index in [0.717, 1.165) is 16.8 Å². The predicted molar refractivity (Wildman–Crippen MR) is 187 cm³/mol. The van der Waals surface area contributed by atoms with Crippen molar-refractivity contribution < 1.29 is 29.0 Å². The summed E-state index contributed by atoms with van der Waals surface area (Å²) in [6.07, 6.45) is 8.04. The Labute approximate surface area is 287 Å². The van der Waals surface area contributed by atoms with Crippen LogP contribution in [0.25, 0.3) is 0 Å². The average Bonchev–Trinajstić information content (AvgIpc) is 3.40. The zero-order valence-corrected chi connectivity index (χ0v) is 28.4. The number of fused-ring (bicyclic) bond motifs is 2. The highest BCUT2D eigenvalue weighted by Gasteiger charge is 2.76. The van der Waals surface area contributed by atoms with Gasteiger partial charge in [-0.2, -0.15) is 0 Å². The van der Waals surface area contributed by atoms with Crippen molar-refractivity contribution in [1.29, 1.82) is 0 Å². The normalized spacial score (nSPS) is 28.2. The topological polar surface area (TPSA) is 99.6 Å². The molecule has 3 aromatic rings. The van der Waals surface area contributed by atoms with E-state index in [-0.39, 0.29) is 24.3 Å². The van der Waals surface area contributed by atoms with Gasteiger partial charge in [-0.3, -0.25) is 14.4 Å². The predicted octanol–water partition coefficient (Wildman–Crippen LogP) is 5.30. The van der Waals surface area contributed by atoms with Crippen molar-refractivity contribution in [1.82, 2.24) is 4.90 Å². The van der Waals surface area contributed by atoms with Gasteiger partial charge in [-0.05, 0) is 68.1 Å². The van der Waals surface area contributed by atoms with Crippen LogP contribution in [0.15, 0.2) is 97.1 Å². The van der Waals surface area contributed by atoms with Crippen molar-refractivity contribution >= 4 is 29.1 Å². The second kappa shape index (κ2) is 12.6. The molecule has 2 fully saturated rings. The summed E-state index contributed by atoms with van der Waals surface area (Å²) >= 11 is 0. The van der Waals surface area contributed by atoms with Crippen LogP contribution in [0, 0.1) is 25.7 Å². The second-order valence-corrected chi connectivity index (χ2v) is 13.3. The Morgan fingerprint density at radius 1 is 0.816 bits per heavy atom. The van der Waals surface area contributed by atoms with Crippen LogP contribution in [0.5, 0.6) is 5.75 Å². The molecule has 49 heavy (non-hydrogen) atoms. The van der Waals surface area contributed by atoms with Gasteiger partial charge in [-0.25, -0.2) is 0 Å². The zero-order valence-electron chi connectivity index (χ0n) is 28.4. The number of hydrogen-bond donors (Lipinski definition) is 1. The lowest BCUT2D eigenvalue weighted by molar-refractivity contribution is -0.149. The maximum atomic E-state index is 15.2. The number of hydrogen-bond acceptors (Lipinski definition) is 6. The molecule has 0 aliphatic carbocycles. The molecule has 4 aliphatic rings. The first kappa shape index (κ1) is 32.8. The van der Waals surface area contributed by atoms with Crippen LogP contribution in [0.1, 0.15) is 43.0 Å². The minimum Gasteiger partial charge on any atom is -0.494 e. The molecule has 6 atom stereocenters. The summed E-state index contributed by atoms with van der Waals surface area (Å²) in [6, 6.07) is 20.5. The van der Waals surface area contributed by atoms with Crippen LogP contribution >= 0.6 is 0 Å². The molecule has 254 valence electrons. The molecule has 1 N–H and O–H groups in total. The Balaban J connectivity index is 1.40. The summed E-state index contributed by atoms with van der Waals surface area (Å²) in [4.78, 5) is 50.3. The van der Waals surface area contributed by atoms with Crippen molar-refractivity contribution in [2.24, 2.45) is 11.8 Å². The molecule has 9 nitrogen and oxygen atoms in total. The number of carbonyl (C=O) groups excluding carboxylic acids is 3.